The molecule has 0 fully saturated rings. The van der Waals surface area contributed by atoms with Gasteiger partial charge in [0.05, 0.1) is 17.2 Å². The summed E-state index contributed by atoms with van der Waals surface area (Å²) in [4.78, 5) is 14.8. The third-order valence-corrected chi connectivity index (χ3v) is 2.17. The average Bonchev–Trinajstić information content (AvgIpc) is 2.40. The van der Waals surface area contributed by atoms with Crippen LogP contribution in [0, 0.1) is 0 Å². The Balaban J connectivity index is 2.31. The minimum atomic E-state index is -0.385. The lowest BCUT2D eigenvalue weighted by Gasteiger charge is -2.03. The molecule has 2 aromatic rings. The highest BCUT2D eigenvalue weighted by molar-refractivity contribution is 5.74. The molecular formula is C12H12N4O. The normalized spacial score (nSPS) is 11.2. The highest BCUT2D eigenvalue weighted by atomic mass is 16.2. The number of hydrogen-bond donors (Lipinski definition) is 1. The van der Waals surface area contributed by atoms with Crippen molar-refractivity contribution in [1.29, 1.82) is 0 Å². The molecule has 0 bridgehead atoms. The molecule has 1 aromatic carbocycles. The van der Waals surface area contributed by atoms with Crippen molar-refractivity contribution in [3.63, 3.8) is 0 Å². The van der Waals surface area contributed by atoms with Gasteiger partial charge in [-0.25, -0.2) is 9.48 Å². The number of rotatable bonds is 1. The van der Waals surface area contributed by atoms with Crippen molar-refractivity contribution >= 4 is 6.03 Å². The molecule has 5 nitrogen and oxygen atoms in total. The minimum Gasteiger partial charge on any atom is -0.339 e. The predicted molar refractivity (Wildman–Crippen MR) is 63.6 cm³/mol. The molecule has 1 heterocycles. The summed E-state index contributed by atoms with van der Waals surface area (Å²) in [5, 5.41) is 7.12. The Morgan fingerprint density at radius 2 is 2.06 bits per heavy atom. The Kier molecular flexibility index (Phi) is 3.30. The largest absolute Gasteiger partial charge is 0.341 e. The van der Waals surface area contributed by atoms with E-state index in [0.29, 0.717) is 5.36 Å². The topological polar surface area (TPSA) is 59.3 Å². The first kappa shape index (κ1) is 11.1. The maximum atomic E-state index is 11.0. The van der Waals surface area contributed by atoms with E-state index >= 15 is 0 Å². The number of aromatic nitrogens is 2. The van der Waals surface area contributed by atoms with Crippen molar-refractivity contribution < 1.29 is 4.79 Å². The van der Waals surface area contributed by atoms with Crippen molar-refractivity contribution in [2.24, 2.45) is 4.99 Å². The third-order valence-electron chi connectivity index (χ3n) is 2.17. The molecular weight excluding hydrogens is 216 g/mol. The van der Waals surface area contributed by atoms with Crippen molar-refractivity contribution in [2.45, 2.75) is 0 Å². The standard InChI is InChI=1S/C12H12N4O/c1-13-12(17)15-10-7-8-16(14-9-10)11-5-3-2-4-6-11/h2-9H,1H3,(H,13,17)/b15-10-. The van der Waals surface area contributed by atoms with Gasteiger partial charge in [-0.1, -0.05) is 18.2 Å². The van der Waals surface area contributed by atoms with Crippen LogP contribution in [-0.4, -0.2) is 22.9 Å². The molecule has 0 saturated carbocycles. The fourth-order valence-electron chi connectivity index (χ4n) is 1.32. The highest BCUT2D eigenvalue weighted by Gasteiger charge is 1.94. The molecule has 2 rings (SSSR count). The lowest BCUT2D eigenvalue weighted by Crippen LogP contribution is -2.18. The van der Waals surface area contributed by atoms with E-state index in [4.69, 9.17) is 0 Å². The molecule has 0 aliphatic rings. The molecule has 0 aliphatic carbocycles. The van der Waals surface area contributed by atoms with Crippen molar-refractivity contribution in [3.05, 3.63) is 54.1 Å². The number of nitrogens with zero attached hydrogens (tertiary/aromatic N) is 3. The molecule has 5 heteroatoms. The van der Waals surface area contributed by atoms with Gasteiger partial charge in [0.1, 0.15) is 0 Å². The first-order chi connectivity index (χ1) is 8.29. The van der Waals surface area contributed by atoms with Crippen LogP contribution in [0.4, 0.5) is 4.79 Å². The molecule has 0 unspecified atom stereocenters. The summed E-state index contributed by atoms with van der Waals surface area (Å²) in [6.45, 7) is 0. The van der Waals surface area contributed by atoms with E-state index in [1.807, 2.05) is 30.3 Å². The summed E-state index contributed by atoms with van der Waals surface area (Å²) in [6, 6.07) is 11.1. The number of carbonyl (C=O) groups excluding carboxylic acids is 1. The third kappa shape index (κ3) is 2.78. The molecule has 1 aromatic heterocycles. The molecule has 17 heavy (non-hydrogen) atoms. The quantitative estimate of drug-likeness (QED) is 0.794. The Labute approximate surface area is 98.4 Å². The van der Waals surface area contributed by atoms with Crippen LogP contribution in [0.1, 0.15) is 0 Å². The molecule has 86 valence electrons. The molecule has 2 amide bonds. The summed E-state index contributed by atoms with van der Waals surface area (Å²) < 4.78 is 1.71. The second kappa shape index (κ2) is 5.07. The SMILES string of the molecule is CNC(=O)/N=c1/ccn(-c2ccccc2)nc1. The Morgan fingerprint density at radius 1 is 1.29 bits per heavy atom. The smallest absolute Gasteiger partial charge is 0.339 e. The van der Waals surface area contributed by atoms with Crippen LogP contribution in [0.3, 0.4) is 0 Å². The van der Waals surface area contributed by atoms with Gasteiger partial charge in [-0.05, 0) is 18.2 Å². The summed E-state index contributed by atoms with van der Waals surface area (Å²) in [5.41, 5.74) is 0.957. The lowest BCUT2D eigenvalue weighted by molar-refractivity contribution is 0.250. The van der Waals surface area contributed by atoms with Gasteiger partial charge in [0, 0.05) is 13.2 Å². The van der Waals surface area contributed by atoms with Gasteiger partial charge in [0.25, 0.3) is 0 Å². The van der Waals surface area contributed by atoms with Gasteiger partial charge in [-0.3, -0.25) is 0 Å². The van der Waals surface area contributed by atoms with Crippen molar-refractivity contribution in [3.8, 4) is 5.69 Å². The summed E-state index contributed by atoms with van der Waals surface area (Å²) in [7, 11) is 1.53. The molecule has 0 spiro atoms. The van der Waals surface area contributed by atoms with Crippen LogP contribution in [0.2, 0.25) is 0 Å². The fourth-order valence-corrected chi connectivity index (χ4v) is 1.32. The second-order valence-electron chi connectivity index (χ2n) is 3.33. The van der Waals surface area contributed by atoms with Crippen LogP contribution in [0.25, 0.3) is 5.69 Å². The number of carbonyl (C=O) groups is 1. The zero-order valence-corrected chi connectivity index (χ0v) is 9.37. The van der Waals surface area contributed by atoms with Gasteiger partial charge < -0.3 is 5.32 Å². The van der Waals surface area contributed by atoms with Gasteiger partial charge in [-0.15, -0.1) is 0 Å². The first-order valence-electron chi connectivity index (χ1n) is 5.16. The molecule has 0 saturated heterocycles. The fraction of sp³-hybridized carbons (Fsp3) is 0.0833. The predicted octanol–water partition coefficient (Wildman–Crippen LogP) is 1.11. The number of hydrogen-bond acceptors (Lipinski definition) is 2. The zero-order valence-electron chi connectivity index (χ0n) is 9.37. The number of para-hydroxylation sites is 1. The summed E-state index contributed by atoms with van der Waals surface area (Å²) in [6.07, 6.45) is 3.30. The molecule has 1 N–H and O–H groups in total. The summed E-state index contributed by atoms with van der Waals surface area (Å²) >= 11 is 0. The number of benzene rings is 1. The van der Waals surface area contributed by atoms with Gasteiger partial charge >= 0.3 is 6.03 Å². The number of nitrogens with one attached hydrogen (secondary N) is 1. The Morgan fingerprint density at radius 3 is 2.65 bits per heavy atom. The van der Waals surface area contributed by atoms with E-state index in [-0.39, 0.29) is 6.03 Å². The highest BCUT2D eigenvalue weighted by Crippen LogP contribution is 2.02. The van der Waals surface area contributed by atoms with E-state index in [1.54, 1.807) is 23.1 Å². The second-order valence-corrected chi connectivity index (χ2v) is 3.33. The zero-order chi connectivity index (χ0) is 12.1. The first-order valence-corrected chi connectivity index (χ1v) is 5.16. The average molecular weight is 228 g/mol. The van der Waals surface area contributed by atoms with Crippen LogP contribution >= 0.6 is 0 Å². The maximum absolute atomic E-state index is 11.0. The van der Waals surface area contributed by atoms with E-state index in [1.165, 1.54) is 7.05 Å². The van der Waals surface area contributed by atoms with Crippen LogP contribution in [-0.2, 0) is 0 Å². The number of urea groups is 1. The van der Waals surface area contributed by atoms with Crippen molar-refractivity contribution in [2.75, 3.05) is 7.05 Å². The molecule has 0 aliphatic heterocycles. The molecule has 0 atom stereocenters. The minimum absolute atomic E-state index is 0.385. The van der Waals surface area contributed by atoms with Gasteiger partial charge in [0.15, 0.2) is 0 Å². The lowest BCUT2D eigenvalue weighted by atomic mass is 10.3. The van der Waals surface area contributed by atoms with E-state index < -0.39 is 0 Å². The van der Waals surface area contributed by atoms with Gasteiger partial charge in [-0.2, -0.15) is 10.1 Å². The van der Waals surface area contributed by atoms with E-state index in [9.17, 15) is 4.79 Å². The monoisotopic (exact) mass is 228 g/mol. The summed E-state index contributed by atoms with van der Waals surface area (Å²) in [5.74, 6) is 0. The van der Waals surface area contributed by atoms with Crippen molar-refractivity contribution in [1.82, 2.24) is 15.1 Å². The maximum Gasteiger partial charge on any atom is 0.341 e. The van der Waals surface area contributed by atoms with E-state index in [0.717, 1.165) is 5.69 Å². The molecule has 0 radical (unpaired) electrons. The van der Waals surface area contributed by atoms with Crippen LogP contribution in [0.5, 0.6) is 0 Å². The van der Waals surface area contributed by atoms with Gasteiger partial charge in [0.2, 0.25) is 0 Å². The van der Waals surface area contributed by atoms with E-state index in [2.05, 4.69) is 15.4 Å². The Bertz CT molecular complexity index is 554. The van der Waals surface area contributed by atoms with Crippen LogP contribution < -0.4 is 10.7 Å². The Hall–Kier alpha value is -2.43. The number of amides is 2. The van der Waals surface area contributed by atoms with Crippen LogP contribution in [0.15, 0.2) is 53.8 Å².